The first-order valence-corrected chi connectivity index (χ1v) is 4.87. The maximum absolute atomic E-state index is 10.6. The molecule has 1 saturated heterocycles. The minimum Gasteiger partial charge on any atom is -0.480 e. The van der Waals surface area contributed by atoms with Crippen molar-refractivity contribution in [1.29, 1.82) is 0 Å². The quantitative estimate of drug-likeness (QED) is 0.711. The molecule has 0 aromatic carbocycles. The molecule has 0 radical (unpaired) electrons. The molecule has 14 heavy (non-hydrogen) atoms. The van der Waals surface area contributed by atoms with Crippen LogP contribution in [0.5, 0.6) is 0 Å². The smallest absolute Gasteiger partial charge is 0.320 e. The molecule has 2 N–H and O–H groups in total. The van der Waals surface area contributed by atoms with E-state index < -0.39 is 5.97 Å². The van der Waals surface area contributed by atoms with Crippen molar-refractivity contribution >= 4 is 18.4 Å². The minimum atomic E-state index is -0.715. The van der Waals surface area contributed by atoms with Crippen LogP contribution in [0.3, 0.4) is 0 Å². The van der Waals surface area contributed by atoms with E-state index in [9.17, 15) is 4.79 Å². The van der Waals surface area contributed by atoms with Crippen molar-refractivity contribution in [2.24, 2.45) is 11.3 Å². The van der Waals surface area contributed by atoms with E-state index in [-0.39, 0.29) is 23.9 Å². The molecule has 0 unspecified atom stereocenters. The summed E-state index contributed by atoms with van der Waals surface area (Å²) in [5.41, 5.74) is 0.288. The average molecular weight is 222 g/mol. The van der Waals surface area contributed by atoms with Crippen LogP contribution in [0.25, 0.3) is 0 Å². The lowest BCUT2D eigenvalue weighted by Gasteiger charge is -2.36. The van der Waals surface area contributed by atoms with Crippen molar-refractivity contribution in [2.75, 3.05) is 6.54 Å². The van der Waals surface area contributed by atoms with Gasteiger partial charge < -0.3 is 10.4 Å². The number of carboxylic acids is 1. The standard InChI is InChI=1S/C10H19NO2.ClH/c1-10(2,3)7-4-5-8(9(12)13)11-6-7;/h7-8,11H,4-6H2,1-3H3,(H,12,13);1H/t7-,8+;/m1./s1. The van der Waals surface area contributed by atoms with Gasteiger partial charge in [-0.3, -0.25) is 4.79 Å². The number of piperidine rings is 1. The second-order valence-electron chi connectivity index (χ2n) is 4.94. The predicted octanol–water partition coefficient (Wildman–Crippen LogP) is 1.91. The van der Waals surface area contributed by atoms with Crippen LogP contribution < -0.4 is 5.32 Å². The van der Waals surface area contributed by atoms with Gasteiger partial charge in [0.2, 0.25) is 0 Å². The first-order chi connectivity index (χ1) is 5.91. The van der Waals surface area contributed by atoms with E-state index in [1.54, 1.807) is 0 Å². The van der Waals surface area contributed by atoms with Gasteiger partial charge in [0.15, 0.2) is 0 Å². The molecule has 1 aliphatic rings. The Morgan fingerprint density at radius 1 is 1.36 bits per heavy atom. The summed E-state index contributed by atoms with van der Waals surface area (Å²) >= 11 is 0. The highest BCUT2D eigenvalue weighted by atomic mass is 35.5. The molecule has 3 nitrogen and oxygen atoms in total. The van der Waals surface area contributed by atoms with E-state index in [1.807, 2.05) is 0 Å². The number of halogens is 1. The summed E-state index contributed by atoms with van der Waals surface area (Å²) in [6.45, 7) is 7.46. The van der Waals surface area contributed by atoms with E-state index in [2.05, 4.69) is 26.1 Å². The summed E-state index contributed by atoms with van der Waals surface area (Å²) < 4.78 is 0. The monoisotopic (exact) mass is 221 g/mol. The molecular formula is C10H20ClNO2. The lowest BCUT2D eigenvalue weighted by atomic mass is 9.75. The number of nitrogens with one attached hydrogen (secondary N) is 1. The summed E-state index contributed by atoms with van der Waals surface area (Å²) in [4.78, 5) is 10.6. The number of carbonyl (C=O) groups is 1. The van der Waals surface area contributed by atoms with Crippen molar-refractivity contribution in [2.45, 2.75) is 39.7 Å². The molecule has 1 fully saturated rings. The Bertz CT molecular complexity index is 193. The first kappa shape index (κ1) is 13.7. The van der Waals surface area contributed by atoms with Gasteiger partial charge in [-0.2, -0.15) is 0 Å². The molecule has 0 spiro atoms. The third-order valence-corrected chi connectivity index (χ3v) is 2.94. The van der Waals surface area contributed by atoms with Gasteiger partial charge in [0, 0.05) is 0 Å². The van der Waals surface area contributed by atoms with Crippen molar-refractivity contribution in [3.63, 3.8) is 0 Å². The van der Waals surface area contributed by atoms with Crippen LogP contribution in [0.1, 0.15) is 33.6 Å². The largest absolute Gasteiger partial charge is 0.480 e. The third-order valence-electron chi connectivity index (χ3n) is 2.94. The molecule has 0 saturated carbocycles. The molecule has 0 bridgehead atoms. The summed E-state index contributed by atoms with van der Waals surface area (Å²) in [6, 6.07) is -0.321. The van der Waals surface area contributed by atoms with Gasteiger partial charge in [-0.1, -0.05) is 20.8 Å². The fourth-order valence-electron chi connectivity index (χ4n) is 1.81. The van der Waals surface area contributed by atoms with Crippen molar-refractivity contribution in [3.8, 4) is 0 Å². The van der Waals surface area contributed by atoms with Gasteiger partial charge in [-0.05, 0) is 30.7 Å². The number of carboxylic acid groups (broad SMARTS) is 1. The van der Waals surface area contributed by atoms with Crippen LogP contribution in [-0.4, -0.2) is 23.7 Å². The normalized spacial score (nSPS) is 27.9. The molecule has 4 heteroatoms. The number of aliphatic carboxylic acids is 1. The van der Waals surface area contributed by atoms with E-state index in [0.717, 1.165) is 19.4 Å². The van der Waals surface area contributed by atoms with Crippen LogP contribution in [0.2, 0.25) is 0 Å². The first-order valence-electron chi connectivity index (χ1n) is 4.87. The van der Waals surface area contributed by atoms with Gasteiger partial charge in [-0.15, -0.1) is 12.4 Å². The van der Waals surface area contributed by atoms with Crippen LogP contribution in [0, 0.1) is 11.3 Å². The Morgan fingerprint density at radius 2 is 1.93 bits per heavy atom. The second kappa shape index (κ2) is 4.99. The summed E-state index contributed by atoms with van der Waals surface area (Å²) in [6.07, 6.45) is 1.78. The minimum absolute atomic E-state index is 0. The average Bonchev–Trinajstić information content (AvgIpc) is 2.03. The van der Waals surface area contributed by atoms with E-state index in [1.165, 1.54) is 0 Å². The van der Waals surface area contributed by atoms with Crippen molar-refractivity contribution < 1.29 is 9.90 Å². The Hall–Kier alpha value is -0.280. The SMILES string of the molecule is CC(C)(C)[C@@H]1CC[C@@H](C(=O)O)NC1.Cl. The Labute approximate surface area is 91.7 Å². The van der Waals surface area contributed by atoms with E-state index in [0.29, 0.717) is 5.92 Å². The molecule has 0 aliphatic carbocycles. The molecule has 2 atom stereocenters. The second-order valence-corrected chi connectivity index (χ2v) is 4.94. The van der Waals surface area contributed by atoms with Crippen molar-refractivity contribution in [3.05, 3.63) is 0 Å². The van der Waals surface area contributed by atoms with Crippen LogP contribution >= 0.6 is 12.4 Å². The zero-order valence-corrected chi connectivity index (χ0v) is 9.86. The molecule has 0 aromatic rings. The fraction of sp³-hybridized carbons (Fsp3) is 0.900. The zero-order chi connectivity index (χ0) is 10.1. The maximum Gasteiger partial charge on any atom is 0.320 e. The molecule has 0 aromatic heterocycles. The highest BCUT2D eigenvalue weighted by molar-refractivity contribution is 5.85. The lowest BCUT2D eigenvalue weighted by molar-refractivity contribution is -0.140. The summed E-state index contributed by atoms with van der Waals surface area (Å²) in [5, 5.41) is 11.8. The highest BCUT2D eigenvalue weighted by Crippen LogP contribution is 2.31. The highest BCUT2D eigenvalue weighted by Gasteiger charge is 2.31. The molecule has 1 rings (SSSR count). The van der Waals surface area contributed by atoms with Gasteiger partial charge in [0.1, 0.15) is 6.04 Å². The number of hydrogen-bond donors (Lipinski definition) is 2. The molecule has 84 valence electrons. The molecule has 0 amide bonds. The van der Waals surface area contributed by atoms with Gasteiger partial charge in [0.05, 0.1) is 0 Å². The predicted molar refractivity (Wildman–Crippen MR) is 58.9 cm³/mol. The molecular weight excluding hydrogens is 202 g/mol. The van der Waals surface area contributed by atoms with Gasteiger partial charge >= 0.3 is 5.97 Å². The van der Waals surface area contributed by atoms with Crippen molar-refractivity contribution in [1.82, 2.24) is 5.32 Å². The lowest BCUT2D eigenvalue weighted by Crippen LogP contribution is -2.46. The topological polar surface area (TPSA) is 49.3 Å². The number of hydrogen-bond acceptors (Lipinski definition) is 2. The Kier molecular flexibility index (Phi) is 4.89. The summed E-state index contributed by atoms with van der Waals surface area (Å²) in [7, 11) is 0. The van der Waals surface area contributed by atoms with Crippen LogP contribution in [-0.2, 0) is 4.79 Å². The summed E-state index contributed by atoms with van der Waals surface area (Å²) in [5.74, 6) is -0.115. The van der Waals surface area contributed by atoms with Gasteiger partial charge in [0.25, 0.3) is 0 Å². The molecule has 1 aliphatic heterocycles. The maximum atomic E-state index is 10.6. The fourth-order valence-corrected chi connectivity index (χ4v) is 1.81. The van der Waals surface area contributed by atoms with E-state index in [4.69, 9.17) is 5.11 Å². The van der Waals surface area contributed by atoms with E-state index >= 15 is 0 Å². The zero-order valence-electron chi connectivity index (χ0n) is 9.04. The number of rotatable bonds is 1. The molecule has 1 heterocycles. The van der Waals surface area contributed by atoms with Crippen LogP contribution in [0.4, 0.5) is 0 Å². The Balaban J connectivity index is 0.00000169. The van der Waals surface area contributed by atoms with Gasteiger partial charge in [-0.25, -0.2) is 0 Å². The van der Waals surface area contributed by atoms with Crippen LogP contribution in [0.15, 0.2) is 0 Å². The third kappa shape index (κ3) is 3.46. The Morgan fingerprint density at radius 3 is 2.21 bits per heavy atom.